The summed E-state index contributed by atoms with van der Waals surface area (Å²) in [6, 6.07) is 27.7. The van der Waals surface area contributed by atoms with Crippen LogP contribution in [0.1, 0.15) is 96.3 Å². The maximum atomic E-state index is 14.4. The average molecular weight is 667 g/mol. The third kappa shape index (κ3) is 8.41. The van der Waals surface area contributed by atoms with Crippen molar-refractivity contribution in [1.82, 2.24) is 0 Å². The predicted octanol–water partition coefficient (Wildman–Crippen LogP) is 8.63. The van der Waals surface area contributed by atoms with Crippen molar-refractivity contribution in [2.75, 3.05) is 10.6 Å². The Labute approximate surface area is 284 Å². The summed E-state index contributed by atoms with van der Waals surface area (Å²) in [5.41, 5.74) is 3.12. The van der Waals surface area contributed by atoms with Gasteiger partial charge in [-0.05, 0) is 67.6 Å². The van der Waals surface area contributed by atoms with E-state index in [1.54, 1.807) is 24.3 Å². The van der Waals surface area contributed by atoms with Crippen molar-refractivity contribution in [2.24, 2.45) is 11.8 Å². The van der Waals surface area contributed by atoms with Crippen LogP contribution in [0.2, 0.25) is 0 Å². The number of anilines is 2. The Kier molecular flexibility index (Phi) is 11.2. The molecule has 4 aromatic carbocycles. The SMILES string of the molecule is CC(C)CC(CCc1ccccc1)Nc1cc(S(=O)(=O)O)c(NC(CCc2ccccc2)CC(C)C)c2c1C(=O)c1ccccc1C2=O. The molecule has 252 valence electrons. The van der Waals surface area contributed by atoms with Gasteiger partial charge in [-0.2, -0.15) is 8.42 Å². The number of ketones is 2. The van der Waals surface area contributed by atoms with Crippen molar-refractivity contribution < 1.29 is 22.6 Å². The number of carbonyl (C=O) groups is 2. The van der Waals surface area contributed by atoms with E-state index in [0.29, 0.717) is 25.2 Å². The molecular formula is C40H46N2O5S. The van der Waals surface area contributed by atoms with Gasteiger partial charge in [-0.25, -0.2) is 0 Å². The third-order valence-corrected chi connectivity index (χ3v) is 9.79. The highest BCUT2D eigenvalue weighted by Gasteiger charge is 2.38. The standard InChI is InChI=1S/C40H46N2O5S/c1-26(2)23-30(21-19-28-13-7-5-8-14-28)41-34-25-35(48(45,46)47)38(37-36(34)39(43)32-17-11-12-18-33(32)40(37)44)42-31(24-27(3)4)22-20-29-15-9-6-10-16-29/h5-18,25-27,30-31,41-42H,19-24H2,1-4H3,(H,45,46,47). The van der Waals surface area contributed by atoms with Gasteiger partial charge in [0.05, 0.1) is 16.8 Å². The number of benzene rings is 4. The van der Waals surface area contributed by atoms with Gasteiger partial charge >= 0.3 is 0 Å². The van der Waals surface area contributed by atoms with Crippen molar-refractivity contribution in [1.29, 1.82) is 0 Å². The van der Waals surface area contributed by atoms with E-state index in [2.05, 4.69) is 50.5 Å². The Morgan fingerprint density at radius 3 is 1.52 bits per heavy atom. The highest BCUT2D eigenvalue weighted by molar-refractivity contribution is 7.86. The monoisotopic (exact) mass is 666 g/mol. The number of nitrogens with one attached hydrogen (secondary N) is 2. The number of hydrogen-bond donors (Lipinski definition) is 3. The zero-order chi connectivity index (χ0) is 34.4. The van der Waals surface area contributed by atoms with Gasteiger partial charge < -0.3 is 10.6 Å². The summed E-state index contributed by atoms with van der Waals surface area (Å²) < 4.78 is 37.0. The van der Waals surface area contributed by atoms with E-state index in [-0.39, 0.29) is 57.4 Å². The molecule has 48 heavy (non-hydrogen) atoms. The van der Waals surface area contributed by atoms with Gasteiger partial charge in [-0.1, -0.05) is 113 Å². The Hall–Kier alpha value is -4.27. The van der Waals surface area contributed by atoms with E-state index < -0.39 is 20.8 Å². The molecular weight excluding hydrogens is 621 g/mol. The average Bonchev–Trinajstić information content (AvgIpc) is 3.05. The first-order chi connectivity index (χ1) is 22.9. The summed E-state index contributed by atoms with van der Waals surface area (Å²) in [5, 5.41) is 6.87. The summed E-state index contributed by atoms with van der Waals surface area (Å²) in [6.45, 7) is 8.38. The zero-order valence-electron chi connectivity index (χ0n) is 28.2. The molecule has 1 aliphatic rings. The molecule has 0 saturated carbocycles. The van der Waals surface area contributed by atoms with E-state index in [1.165, 1.54) is 11.6 Å². The fourth-order valence-electron chi connectivity index (χ4n) is 6.76. The number of carbonyl (C=O) groups excluding carboxylic acids is 2. The molecule has 0 radical (unpaired) electrons. The molecule has 0 amide bonds. The molecule has 3 N–H and O–H groups in total. The van der Waals surface area contributed by atoms with Gasteiger partial charge in [-0.3, -0.25) is 14.1 Å². The molecule has 1 aliphatic carbocycles. The van der Waals surface area contributed by atoms with Crippen LogP contribution in [0.4, 0.5) is 11.4 Å². The Bertz CT molecular complexity index is 1850. The summed E-state index contributed by atoms with van der Waals surface area (Å²) in [7, 11) is -4.83. The Balaban J connectivity index is 1.63. The molecule has 7 nitrogen and oxygen atoms in total. The largest absolute Gasteiger partial charge is 0.382 e. The van der Waals surface area contributed by atoms with Crippen LogP contribution >= 0.6 is 0 Å². The number of rotatable bonds is 15. The van der Waals surface area contributed by atoms with Crippen molar-refractivity contribution in [3.05, 3.63) is 124 Å². The van der Waals surface area contributed by atoms with Crippen LogP contribution < -0.4 is 10.6 Å². The Morgan fingerprint density at radius 1 is 0.625 bits per heavy atom. The van der Waals surface area contributed by atoms with Crippen molar-refractivity contribution in [3.63, 3.8) is 0 Å². The van der Waals surface area contributed by atoms with E-state index in [4.69, 9.17) is 0 Å². The quantitative estimate of drug-likeness (QED) is 0.0959. The third-order valence-electron chi connectivity index (χ3n) is 8.91. The van der Waals surface area contributed by atoms with Crippen LogP contribution in [-0.4, -0.2) is 36.6 Å². The summed E-state index contributed by atoms with van der Waals surface area (Å²) >= 11 is 0. The molecule has 0 saturated heterocycles. The molecule has 2 unspecified atom stereocenters. The summed E-state index contributed by atoms with van der Waals surface area (Å²) in [4.78, 5) is 28.3. The number of aryl methyl sites for hydroxylation is 2. The molecule has 4 aromatic rings. The highest BCUT2D eigenvalue weighted by atomic mass is 32.2. The van der Waals surface area contributed by atoms with E-state index in [9.17, 15) is 22.6 Å². The molecule has 2 atom stereocenters. The van der Waals surface area contributed by atoms with Crippen LogP contribution in [-0.2, 0) is 23.0 Å². The van der Waals surface area contributed by atoms with Crippen molar-refractivity contribution in [2.45, 2.75) is 83.2 Å². The summed E-state index contributed by atoms with van der Waals surface area (Å²) in [6.07, 6.45) is 4.29. The zero-order valence-corrected chi connectivity index (χ0v) is 29.0. The molecule has 0 heterocycles. The van der Waals surface area contributed by atoms with Crippen LogP contribution in [0, 0.1) is 11.8 Å². The van der Waals surface area contributed by atoms with Gasteiger partial charge in [0.25, 0.3) is 10.1 Å². The maximum Gasteiger partial charge on any atom is 0.296 e. The van der Waals surface area contributed by atoms with E-state index in [1.807, 2.05) is 48.5 Å². The first-order valence-corrected chi connectivity index (χ1v) is 18.3. The fourth-order valence-corrected chi connectivity index (χ4v) is 7.45. The highest BCUT2D eigenvalue weighted by Crippen LogP contribution is 2.42. The van der Waals surface area contributed by atoms with E-state index in [0.717, 1.165) is 24.8 Å². The minimum atomic E-state index is -4.83. The lowest BCUT2D eigenvalue weighted by molar-refractivity contribution is 0.0980. The first-order valence-electron chi connectivity index (χ1n) is 16.9. The second kappa shape index (κ2) is 15.3. The van der Waals surface area contributed by atoms with Crippen molar-refractivity contribution in [3.8, 4) is 0 Å². The van der Waals surface area contributed by atoms with Crippen LogP contribution in [0.5, 0.6) is 0 Å². The normalized spacial score (nSPS) is 14.1. The number of hydrogen-bond acceptors (Lipinski definition) is 6. The molecule has 8 heteroatoms. The summed E-state index contributed by atoms with van der Waals surface area (Å²) in [5.74, 6) is -0.254. The molecule has 0 fully saturated rings. The minimum absolute atomic E-state index is 0.0175. The topological polar surface area (TPSA) is 113 Å². The van der Waals surface area contributed by atoms with Gasteiger partial charge in [0, 0.05) is 28.9 Å². The first kappa shape index (κ1) is 35.0. The molecule has 0 bridgehead atoms. The van der Waals surface area contributed by atoms with Crippen molar-refractivity contribution >= 4 is 33.1 Å². The lowest BCUT2D eigenvalue weighted by Gasteiger charge is -2.30. The lowest BCUT2D eigenvalue weighted by Crippen LogP contribution is -2.31. The number of fused-ring (bicyclic) bond motifs is 2. The van der Waals surface area contributed by atoms with Gasteiger partial charge in [0.1, 0.15) is 4.90 Å². The van der Waals surface area contributed by atoms with Crippen LogP contribution in [0.25, 0.3) is 0 Å². The Morgan fingerprint density at radius 2 is 1.06 bits per heavy atom. The molecule has 5 rings (SSSR count). The predicted molar refractivity (Wildman–Crippen MR) is 193 cm³/mol. The molecule has 0 spiro atoms. The van der Waals surface area contributed by atoms with Gasteiger partial charge in [0.2, 0.25) is 0 Å². The maximum absolute atomic E-state index is 14.4. The lowest BCUT2D eigenvalue weighted by atomic mass is 9.81. The minimum Gasteiger partial charge on any atom is -0.382 e. The van der Waals surface area contributed by atoms with Crippen LogP contribution in [0.3, 0.4) is 0 Å². The molecule has 0 aliphatic heterocycles. The van der Waals surface area contributed by atoms with Gasteiger partial charge in [0.15, 0.2) is 11.6 Å². The second-order valence-corrected chi connectivity index (χ2v) is 15.1. The fraction of sp³-hybridized carbons (Fsp3) is 0.350. The van der Waals surface area contributed by atoms with Gasteiger partial charge in [-0.15, -0.1) is 0 Å². The second-order valence-electron chi connectivity index (χ2n) is 13.7. The van der Waals surface area contributed by atoms with E-state index >= 15 is 0 Å². The molecule has 0 aromatic heterocycles. The van der Waals surface area contributed by atoms with Crippen LogP contribution in [0.15, 0.2) is 95.9 Å². The smallest absolute Gasteiger partial charge is 0.296 e.